The Labute approximate surface area is 114 Å². The summed E-state index contributed by atoms with van der Waals surface area (Å²) in [5, 5.41) is 24.4. The van der Waals surface area contributed by atoms with Gasteiger partial charge in [0.2, 0.25) is 0 Å². The smallest absolute Gasteiger partial charge is 0.292 e. The van der Waals surface area contributed by atoms with E-state index in [2.05, 4.69) is 5.32 Å². The number of nitrogens with one attached hydrogen (secondary N) is 1. The van der Waals surface area contributed by atoms with Crippen molar-refractivity contribution in [3.8, 4) is 5.40 Å². The highest BCUT2D eigenvalue weighted by atomic mass is 32.2. The Morgan fingerprint density at radius 2 is 1.84 bits per heavy atom. The average molecular weight is 271 g/mol. The van der Waals surface area contributed by atoms with Crippen molar-refractivity contribution in [2.24, 2.45) is 0 Å². The van der Waals surface area contributed by atoms with Gasteiger partial charge in [0, 0.05) is 16.6 Å². The predicted molar refractivity (Wildman–Crippen MR) is 74.3 cm³/mol. The number of nitrogens with zero attached hydrogens (tertiary/aromatic N) is 2. The van der Waals surface area contributed by atoms with Crippen LogP contribution >= 0.6 is 11.8 Å². The van der Waals surface area contributed by atoms with Crippen LogP contribution in [0, 0.1) is 20.8 Å². The van der Waals surface area contributed by atoms with Gasteiger partial charge in [-0.2, -0.15) is 5.26 Å². The third kappa shape index (κ3) is 3.24. The van der Waals surface area contributed by atoms with E-state index in [1.54, 1.807) is 42.5 Å². The highest BCUT2D eigenvalue weighted by Crippen LogP contribution is 2.28. The Morgan fingerprint density at radius 3 is 2.47 bits per heavy atom. The van der Waals surface area contributed by atoms with Crippen molar-refractivity contribution >= 4 is 28.8 Å². The molecule has 5 nitrogen and oxygen atoms in total. The largest absolute Gasteiger partial charge is 0.350 e. The Kier molecular flexibility index (Phi) is 4.00. The Balaban J connectivity index is 2.22. The molecule has 0 aromatic heterocycles. The maximum atomic E-state index is 10.9. The van der Waals surface area contributed by atoms with Gasteiger partial charge in [-0.15, -0.1) is 0 Å². The predicted octanol–water partition coefficient (Wildman–Crippen LogP) is 3.91. The van der Waals surface area contributed by atoms with Crippen LogP contribution in [0.3, 0.4) is 0 Å². The van der Waals surface area contributed by atoms with Gasteiger partial charge in [0.25, 0.3) is 5.69 Å². The number of hydrogen-bond donors (Lipinski definition) is 1. The van der Waals surface area contributed by atoms with Crippen LogP contribution in [0.4, 0.5) is 17.1 Å². The van der Waals surface area contributed by atoms with Crippen LogP contribution in [-0.4, -0.2) is 4.92 Å². The van der Waals surface area contributed by atoms with Gasteiger partial charge in [-0.25, -0.2) is 0 Å². The van der Waals surface area contributed by atoms with Crippen molar-refractivity contribution in [2.45, 2.75) is 4.90 Å². The fraction of sp³-hybridized carbons (Fsp3) is 0. The van der Waals surface area contributed by atoms with Crippen molar-refractivity contribution in [2.75, 3.05) is 5.32 Å². The van der Waals surface area contributed by atoms with E-state index in [9.17, 15) is 10.1 Å². The molecule has 0 aliphatic heterocycles. The highest BCUT2D eigenvalue weighted by molar-refractivity contribution is 8.03. The van der Waals surface area contributed by atoms with Gasteiger partial charge in [0.15, 0.2) is 0 Å². The van der Waals surface area contributed by atoms with Crippen molar-refractivity contribution in [3.05, 3.63) is 58.6 Å². The van der Waals surface area contributed by atoms with Gasteiger partial charge in [0.1, 0.15) is 11.1 Å². The molecule has 19 heavy (non-hydrogen) atoms. The fourth-order valence-electron chi connectivity index (χ4n) is 1.55. The molecule has 0 fully saturated rings. The number of hydrogen-bond acceptors (Lipinski definition) is 5. The maximum absolute atomic E-state index is 10.9. The van der Waals surface area contributed by atoms with Crippen LogP contribution < -0.4 is 5.32 Å². The molecule has 2 aromatic rings. The standard InChI is InChI=1S/C13H9N3O2S/c14-9-19-11-7-5-10(6-8-11)15-12-3-1-2-4-13(12)16(17)18/h1-8,15H. The number of nitro benzene ring substituents is 1. The van der Waals surface area contributed by atoms with Crippen molar-refractivity contribution < 1.29 is 4.92 Å². The lowest BCUT2D eigenvalue weighted by Gasteiger charge is -2.07. The molecule has 0 radical (unpaired) electrons. The lowest BCUT2D eigenvalue weighted by atomic mass is 10.2. The quantitative estimate of drug-likeness (QED) is 0.394. The maximum Gasteiger partial charge on any atom is 0.292 e. The van der Waals surface area contributed by atoms with Crippen LogP contribution in [-0.2, 0) is 0 Å². The van der Waals surface area contributed by atoms with E-state index in [0.717, 1.165) is 22.3 Å². The molecule has 0 unspecified atom stereocenters. The third-order valence-corrected chi connectivity index (χ3v) is 3.00. The van der Waals surface area contributed by atoms with Crippen LogP contribution in [0.15, 0.2) is 53.4 Å². The lowest BCUT2D eigenvalue weighted by Crippen LogP contribution is -1.96. The number of anilines is 2. The average Bonchev–Trinajstić information content (AvgIpc) is 2.42. The number of thioether (sulfide) groups is 1. The Bertz CT molecular complexity index is 635. The normalized spacial score (nSPS) is 9.63. The molecule has 0 saturated heterocycles. The Morgan fingerprint density at radius 1 is 1.16 bits per heavy atom. The molecule has 0 amide bonds. The second-order valence-electron chi connectivity index (χ2n) is 3.62. The number of rotatable bonds is 4. The minimum absolute atomic E-state index is 0.0259. The molecule has 94 valence electrons. The molecule has 2 rings (SSSR count). The zero-order valence-corrected chi connectivity index (χ0v) is 10.6. The second kappa shape index (κ2) is 5.89. The highest BCUT2D eigenvalue weighted by Gasteiger charge is 2.11. The summed E-state index contributed by atoms with van der Waals surface area (Å²) in [7, 11) is 0. The van der Waals surface area contributed by atoms with Gasteiger partial charge in [-0.05, 0) is 42.1 Å². The summed E-state index contributed by atoms with van der Waals surface area (Å²) in [4.78, 5) is 11.3. The van der Waals surface area contributed by atoms with Crippen LogP contribution in [0.25, 0.3) is 0 Å². The molecule has 0 bridgehead atoms. The molecular weight excluding hydrogens is 262 g/mol. The number of nitro groups is 1. The summed E-state index contributed by atoms with van der Waals surface area (Å²) in [6.07, 6.45) is 0. The molecule has 0 atom stereocenters. The summed E-state index contributed by atoms with van der Waals surface area (Å²) in [5.41, 5.74) is 1.20. The molecule has 6 heteroatoms. The van der Waals surface area contributed by atoms with E-state index in [1.807, 2.05) is 5.40 Å². The third-order valence-electron chi connectivity index (χ3n) is 2.40. The van der Waals surface area contributed by atoms with E-state index in [-0.39, 0.29) is 5.69 Å². The van der Waals surface area contributed by atoms with Gasteiger partial charge < -0.3 is 5.32 Å². The molecule has 2 aromatic carbocycles. The zero-order valence-electron chi connectivity index (χ0n) is 9.74. The van der Waals surface area contributed by atoms with Crippen molar-refractivity contribution in [1.82, 2.24) is 0 Å². The minimum Gasteiger partial charge on any atom is -0.350 e. The molecule has 0 spiro atoms. The molecule has 0 saturated carbocycles. The van der Waals surface area contributed by atoms with Gasteiger partial charge in [-0.1, -0.05) is 12.1 Å². The number of thiocyanates is 1. The minimum atomic E-state index is -0.428. The molecule has 1 N–H and O–H groups in total. The van der Waals surface area contributed by atoms with E-state index in [1.165, 1.54) is 6.07 Å². The summed E-state index contributed by atoms with van der Waals surface area (Å²) < 4.78 is 0. The van der Waals surface area contributed by atoms with E-state index >= 15 is 0 Å². The Hall–Kier alpha value is -2.52. The van der Waals surface area contributed by atoms with E-state index in [4.69, 9.17) is 5.26 Å². The van der Waals surface area contributed by atoms with Crippen molar-refractivity contribution in [1.29, 1.82) is 5.26 Å². The van der Waals surface area contributed by atoms with Crippen LogP contribution in [0.2, 0.25) is 0 Å². The van der Waals surface area contributed by atoms with Gasteiger partial charge in [0.05, 0.1) is 4.92 Å². The molecular formula is C13H9N3O2S. The van der Waals surface area contributed by atoms with Gasteiger partial charge >= 0.3 is 0 Å². The first-order valence-electron chi connectivity index (χ1n) is 5.37. The zero-order chi connectivity index (χ0) is 13.7. The SMILES string of the molecule is N#CSc1ccc(Nc2ccccc2[N+](=O)[O-])cc1. The topological polar surface area (TPSA) is 79.0 Å². The monoisotopic (exact) mass is 271 g/mol. The number of nitriles is 1. The first-order chi connectivity index (χ1) is 9.20. The van der Waals surface area contributed by atoms with Gasteiger partial charge in [-0.3, -0.25) is 10.1 Å². The van der Waals surface area contributed by atoms with Crippen LogP contribution in [0.1, 0.15) is 0 Å². The summed E-state index contributed by atoms with van der Waals surface area (Å²) in [5.74, 6) is 0. The summed E-state index contributed by atoms with van der Waals surface area (Å²) >= 11 is 1.07. The first kappa shape index (κ1) is 12.9. The van der Waals surface area contributed by atoms with Crippen LogP contribution in [0.5, 0.6) is 0 Å². The molecule has 0 heterocycles. The summed E-state index contributed by atoms with van der Waals surface area (Å²) in [6, 6.07) is 13.6. The molecule has 0 aliphatic carbocycles. The first-order valence-corrected chi connectivity index (χ1v) is 6.19. The van der Waals surface area contributed by atoms with E-state index in [0.29, 0.717) is 5.69 Å². The van der Waals surface area contributed by atoms with E-state index < -0.39 is 4.92 Å². The van der Waals surface area contributed by atoms with Crippen molar-refractivity contribution in [3.63, 3.8) is 0 Å². The number of benzene rings is 2. The molecule has 0 aliphatic rings. The fourth-order valence-corrected chi connectivity index (χ4v) is 1.93. The number of para-hydroxylation sites is 2. The lowest BCUT2D eigenvalue weighted by molar-refractivity contribution is -0.383. The second-order valence-corrected chi connectivity index (χ2v) is 4.48. The summed E-state index contributed by atoms with van der Waals surface area (Å²) in [6.45, 7) is 0.